The van der Waals surface area contributed by atoms with E-state index in [4.69, 9.17) is 5.73 Å². The lowest BCUT2D eigenvalue weighted by molar-refractivity contribution is -0.129. The molecule has 0 spiro atoms. The van der Waals surface area contributed by atoms with Gasteiger partial charge in [0.2, 0.25) is 5.91 Å². The zero-order valence-electron chi connectivity index (χ0n) is 18.5. The first kappa shape index (κ1) is 20.7. The molecule has 0 aromatic carbocycles. The molecule has 0 saturated heterocycles. The van der Waals surface area contributed by atoms with Gasteiger partial charge in [0.15, 0.2) is 0 Å². The Morgan fingerprint density at radius 3 is 2.50 bits per heavy atom. The van der Waals surface area contributed by atoms with Crippen LogP contribution in [0.25, 0.3) is 0 Å². The summed E-state index contributed by atoms with van der Waals surface area (Å²) >= 11 is 0. The van der Waals surface area contributed by atoms with Crippen molar-refractivity contribution in [2.75, 3.05) is 0 Å². The smallest absolute Gasteiger partial charge is 0.217 e. The number of hydrogen-bond acceptors (Lipinski definition) is 2. The Morgan fingerprint density at radius 1 is 1.04 bits per heavy atom. The van der Waals surface area contributed by atoms with E-state index < -0.39 is 0 Å². The summed E-state index contributed by atoms with van der Waals surface area (Å²) in [5.41, 5.74) is 6.34. The maximum atomic E-state index is 11.1. The molecule has 4 aliphatic carbocycles. The van der Waals surface area contributed by atoms with Crippen molar-refractivity contribution in [2.24, 2.45) is 52.1 Å². The predicted octanol–water partition coefficient (Wildman–Crippen LogP) is 5.30. The van der Waals surface area contributed by atoms with Gasteiger partial charge in [-0.3, -0.25) is 4.79 Å². The fourth-order valence-electron chi connectivity index (χ4n) is 9.01. The van der Waals surface area contributed by atoms with Gasteiger partial charge in [-0.05, 0) is 117 Å². The number of amides is 1. The molecule has 0 unspecified atom stereocenters. The zero-order chi connectivity index (χ0) is 20.1. The summed E-state index contributed by atoms with van der Waals surface area (Å²) in [6.07, 6.45) is 14.3. The molecule has 0 bridgehead atoms. The van der Waals surface area contributed by atoms with Crippen molar-refractivity contribution in [1.29, 1.82) is 0 Å². The van der Waals surface area contributed by atoms with Crippen molar-refractivity contribution in [1.82, 2.24) is 0 Å². The molecule has 28 heavy (non-hydrogen) atoms. The first-order valence-electron chi connectivity index (χ1n) is 12.2. The molecule has 0 aliphatic heterocycles. The summed E-state index contributed by atoms with van der Waals surface area (Å²) < 4.78 is 0. The van der Waals surface area contributed by atoms with Gasteiger partial charge < -0.3 is 10.8 Å². The number of rotatable bonds is 5. The van der Waals surface area contributed by atoms with Crippen molar-refractivity contribution in [3.8, 4) is 0 Å². The molecule has 1 amide bonds. The van der Waals surface area contributed by atoms with Crippen molar-refractivity contribution >= 4 is 5.91 Å². The van der Waals surface area contributed by atoms with Crippen LogP contribution in [-0.2, 0) is 4.79 Å². The Kier molecular flexibility index (Phi) is 5.61. The van der Waals surface area contributed by atoms with E-state index in [-0.39, 0.29) is 12.0 Å². The molecule has 9 atom stereocenters. The number of hydrogen-bond donors (Lipinski definition) is 2. The van der Waals surface area contributed by atoms with Gasteiger partial charge in [-0.2, -0.15) is 0 Å². The van der Waals surface area contributed by atoms with Crippen LogP contribution in [0.1, 0.15) is 97.8 Å². The number of primary amides is 1. The van der Waals surface area contributed by atoms with E-state index in [9.17, 15) is 9.90 Å². The van der Waals surface area contributed by atoms with Crippen LogP contribution in [0, 0.1) is 46.3 Å². The van der Waals surface area contributed by atoms with Crippen molar-refractivity contribution in [3.63, 3.8) is 0 Å². The highest BCUT2D eigenvalue weighted by atomic mass is 16.3. The highest BCUT2D eigenvalue weighted by Crippen LogP contribution is 2.68. The fourth-order valence-corrected chi connectivity index (χ4v) is 9.01. The molecular weight excluding hydrogens is 346 g/mol. The van der Waals surface area contributed by atoms with Gasteiger partial charge in [0, 0.05) is 6.42 Å². The average Bonchev–Trinajstić information content (AvgIpc) is 2.99. The molecule has 0 radical (unpaired) electrons. The topological polar surface area (TPSA) is 63.3 Å². The summed E-state index contributed by atoms with van der Waals surface area (Å²) in [7, 11) is 0. The SMILES string of the molecule is C[C@@H](CCCC(N)=O)[C@H]1CC[C@H]2[C@@H]3CC[C@@H]4C[C@@H](O)CC[C@]4(C)[C@H]3CC[C@]12C. The minimum Gasteiger partial charge on any atom is -0.393 e. The molecule has 0 aromatic rings. The standard InChI is InChI=1S/C25H43NO2/c1-16(5-4-6-23(26)28)20-9-10-21-19-8-7-17-15-18(27)11-13-24(17,2)22(19)12-14-25(20,21)3/h16-22,27H,4-15H2,1-3H3,(H2,26,28)/t16-,17+,18-,19-,20+,21-,22-,24-,25+/m0/s1. The normalized spacial score (nSPS) is 49.0. The molecule has 3 N–H and O–H groups in total. The first-order chi connectivity index (χ1) is 13.3. The van der Waals surface area contributed by atoms with Crippen LogP contribution in [0.3, 0.4) is 0 Å². The second-order valence-electron chi connectivity index (χ2n) is 11.6. The molecule has 3 nitrogen and oxygen atoms in total. The molecule has 4 saturated carbocycles. The maximum absolute atomic E-state index is 11.1. The molecule has 4 aliphatic rings. The zero-order valence-corrected chi connectivity index (χ0v) is 18.5. The highest BCUT2D eigenvalue weighted by Gasteiger charge is 2.60. The Hall–Kier alpha value is -0.570. The van der Waals surface area contributed by atoms with Crippen molar-refractivity contribution < 1.29 is 9.90 Å². The molecule has 3 heteroatoms. The van der Waals surface area contributed by atoms with E-state index in [1.165, 1.54) is 44.9 Å². The molecular formula is C25H43NO2. The Balaban J connectivity index is 1.47. The molecule has 4 rings (SSSR count). The monoisotopic (exact) mass is 389 g/mol. The van der Waals surface area contributed by atoms with Gasteiger partial charge in [0.1, 0.15) is 0 Å². The van der Waals surface area contributed by atoms with E-state index in [1.807, 2.05) is 0 Å². The summed E-state index contributed by atoms with van der Waals surface area (Å²) in [6.45, 7) is 7.64. The van der Waals surface area contributed by atoms with Crippen LogP contribution in [0.2, 0.25) is 0 Å². The minimum atomic E-state index is -0.147. The lowest BCUT2D eigenvalue weighted by atomic mass is 9.44. The van der Waals surface area contributed by atoms with Crippen LogP contribution in [0.5, 0.6) is 0 Å². The third kappa shape index (κ3) is 3.34. The Labute approximate surface area is 172 Å². The van der Waals surface area contributed by atoms with Crippen LogP contribution in [0.15, 0.2) is 0 Å². The summed E-state index contributed by atoms with van der Waals surface area (Å²) in [6, 6.07) is 0. The van der Waals surface area contributed by atoms with E-state index >= 15 is 0 Å². The molecule has 0 aromatic heterocycles. The van der Waals surface area contributed by atoms with Gasteiger partial charge in [-0.1, -0.05) is 20.8 Å². The van der Waals surface area contributed by atoms with Crippen LogP contribution in [-0.4, -0.2) is 17.1 Å². The van der Waals surface area contributed by atoms with E-state index in [1.54, 1.807) is 0 Å². The number of aliphatic hydroxyl groups is 1. The summed E-state index contributed by atoms with van der Waals surface area (Å²) in [5, 5.41) is 10.2. The van der Waals surface area contributed by atoms with Crippen LogP contribution >= 0.6 is 0 Å². The second-order valence-corrected chi connectivity index (χ2v) is 11.6. The minimum absolute atomic E-state index is 0.0411. The largest absolute Gasteiger partial charge is 0.393 e. The number of carbonyl (C=O) groups is 1. The van der Waals surface area contributed by atoms with Crippen LogP contribution in [0.4, 0.5) is 0 Å². The Morgan fingerprint density at radius 2 is 1.75 bits per heavy atom. The molecule has 4 fully saturated rings. The number of aliphatic hydroxyl groups excluding tert-OH is 1. The average molecular weight is 390 g/mol. The quantitative estimate of drug-likeness (QED) is 0.670. The van der Waals surface area contributed by atoms with Crippen molar-refractivity contribution in [2.45, 2.75) is 104 Å². The number of nitrogens with two attached hydrogens (primary N) is 1. The maximum Gasteiger partial charge on any atom is 0.217 e. The van der Waals surface area contributed by atoms with E-state index in [0.717, 1.165) is 55.3 Å². The predicted molar refractivity (Wildman–Crippen MR) is 113 cm³/mol. The first-order valence-corrected chi connectivity index (χ1v) is 12.2. The van der Waals surface area contributed by atoms with Gasteiger partial charge in [-0.15, -0.1) is 0 Å². The highest BCUT2D eigenvalue weighted by molar-refractivity contribution is 5.73. The molecule has 0 heterocycles. The molecule has 160 valence electrons. The Bertz CT molecular complexity index is 591. The van der Waals surface area contributed by atoms with E-state index in [2.05, 4.69) is 20.8 Å². The van der Waals surface area contributed by atoms with Crippen molar-refractivity contribution in [3.05, 3.63) is 0 Å². The lowest BCUT2D eigenvalue weighted by Crippen LogP contribution is -2.54. The second kappa shape index (κ2) is 7.60. The van der Waals surface area contributed by atoms with Gasteiger partial charge >= 0.3 is 0 Å². The third-order valence-corrected chi connectivity index (χ3v) is 10.5. The number of fused-ring (bicyclic) bond motifs is 5. The van der Waals surface area contributed by atoms with Gasteiger partial charge in [0.25, 0.3) is 0 Å². The number of carbonyl (C=O) groups excluding carboxylic acids is 1. The summed E-state index contributed by atoms with van der Waals surface area (Å²) in [5.74, 6) is 4.85. The fraction of sp³-hybridized carbons (Fsp3) is 0.960. The summed E-state index contributed by atoms with van der Waals surface area (Å²) in [4.78, 5) is 11.1. The van der Waals surface area contributed by atoms with Gasteiger partial charge in [-0.25, -0.2) is 0 Å². The third-order valence-electron chi connectivity index (χ3n) is 10.5. The van der Waals surface area contributed by atoms with Gasteiger partial charge in [0.05, 0.1) is 6.10 Å². The lowest BCUT2D eigenvalue weighted by Gasteiger charge is -2.61. The van der Waals surface area contributed by atoms with Crippen LogP contribution < -0.4 is 5.73 Å². The van der Waals surface area contributed by atoms with E-state index in [0.29, 0.717) is 23.2 Å².